The Labute approximate surface area is 102 Å². The van der Waals surface area contributed by atoms with Crippen LogP contribution in [0.15, 0.2) is 12.2 Å². The molecule has 0 saturated carbocycles. The summed E-state index contributed by atoms with van der Waals surface area (Å²) in [4.78, 5) is 0. The van der Waals surface area contributed by atoms with Gasteiger partial charge < -0.3 is 14.2 Å². The van der Waals surface area contributed by atoms with Gasteiger partial charge in [0.05, 0.1) is 6.61 Å². The van der Waals surface area contributed by atoms with E-state index in [1.165, 1.54) is 0 Å². The molecule has 94 valence electrons. The van der Waals surface area contributed by atoms with Crippen LogP contribution in [-0.2, 0) is 14.2 Å². The van der Waals surface area contributed by atoms with Crippen LogP contribution in [0.2, 0.25) is 0 Å². The van der Waals surface area contributed by atoms with Crippen molar-refractivity contribution in [3.05, 3.63) is 12.2 Å². The smallest absolute Gasteiger partial charge is 0.199 e. The number of rotatable bonds is 0. The van der Waals surface area contributed by atoms with Crippen LogP contribution in [0.25, 0.3) is 0 Å². The highest BCUT2D eigenvalue weighted by Crippen LogP contribution is 2.68. The van der Waals surface area contributed by atoms with Gasteiger partial charge in [-0.3, -0.25) is 0 Å². The van der Waals surface area contributed by atoms with E-state index < -0.39 is 5.79 Å². The zero-order chi connectivity index (χ0) is 12.2. The number of hydrogen-bond acceptors (Lipinski definition) is 3. The lowest BCUT2D eigenvalue weighted by molar-refractivity contribution is -0.213. The summed E-state index contributed by atoms with van der Waals surface area (Å²) in [6.45, 7) is 9.53. The summed E-state index contributed by atoms with van der Waals surface area (Å²) in [5.41, 5.74) is -0.672. The molecule has 1 aliphatic carbocycles. The molecule has 3 heteroatoms. The second-order valence-electron chi connectivity index (χ2n) is 6.99. The molecule has 3 aliphatic heterocycles. The monoisotopic (exact) mass is 236 g/mol. The van der Waals surface area contributed by atoms with Gasteiger partial charge >= 0.3 is 0 Å². The average molecular weight is 236 g/mol. The Morgan fingerprint density at radius 1 is 0.941 bits per heavy atom. The summed E-state index contributed by atoms with van der Waals surface area (Å²) >= 11 is 0. The molecule has 0 aromatic carbocycles. The highest BCUT2D eigenvalue weighted by atomic mass is 16.8. The number of ether oxygens (including phenoxy) is 3. The Morgan fingerprint density at radius 2 is 1.65 bits per heavy atom. The molecule has 0 amide bonds. The second-order valence-corrected chi connectivity index (χ2v) is 6.99. The van der Waals surface area contributed by atoms with E-state index in [-0.39, 0.29) is 22.2 Å². The topological polar surface area (TPSA) is 31.0 Å². The molecule has 3 nitrogen and oxygen atoms in total. The third-order valence-electron chi connectivity index (χ3n) is 5.62. The fourth-order valence-corrected chi connectivity index (χ4v) is 4.09. The summed E-state index contributed by atoms with van der Waals surface area (Å²) in [5, 5.41) is 0. The maximum Gasteiger partial charge on any atom is 0.199 e. The van der Waals surface area contributed by atoms with Gasteiger partial charge in [0, 0.05) is 5.41 Å². The van der Waals surface area contributed by atoms with Crippen LogP contribution in [-0.4, -0.2) is 29.2 Å². The van der Waals surface area contributed by atoms with Gasteiger partial charge in [-0.25, -0.2) is 0 Å². The Kier molecular flexibility index (Phi) is 1.46. The number of epoxide rings is 1. The molecular weight excluding hydrogens is 216 g/mol. The Hall–Kier alpha value is -0.380. The van der Waals surface area contributed by atoms with Gasteiger partial charge in [-0.05, 0) is 32.8 Å². The quantitative estimate of drug-likeness (QED) is 0.478. The minimum absolute atomic E-state index is 0.0870. The predicted molar refractivity (Wildman–Crippen MR) is 62.5 cm³/mol. The summed E-state index contributed by atoms with van der Waals surface area (Å²) in [5.74, 6) is -0.584. The highest BCUT2D eigenvalue weighted by molar-refractivity contribution is 5.40. The molecule has 4 unspecified atom stereocenters. The SMILES string of the molecule is CC1(C)CCC2(CO2)C2(C)OC3(C)C=CC13O2. The van der Waals surface area contributed by atoms with Crippen LogP contribution >= 0.6 is 0 Å². The molecule has 3 fully saturated rings. The first-order valence-electron chi connectivity index (χ1n) is 6.53. The summed E-state index contributed by atoms with van der Waals surface area (Å²) in [7, 11) is 0. The standard InChI is InChI=1S/C14H20O3/c1-10(2)5-7-13(9-15-13)12(4)16-11(3)6-8-14(10,11)17-12/h6,8H,5,7,9H2,1-4H3. The van der Waals surface area contributed by atoms with Crippen LogP contribution in [0, 0.1) is 5.41 Å². The Bertz CT molecular complexity index is 437. The lowest BCUT2D eigenvalue weighted by Gasteiger charge is -2.53. The van der Waals surface area contributed by atoms with Gasteiger partial charge in [0.25, 0.3) is 0 Å². The van der Waals surface area contributed by atoms with Crippen LogP contribution in [0.4, 0.5) is 0 Å². The highest BCUT2D eigenvalue weighted by Gasteiger charge is 2.79. The maximum absolute atomic E-state index is 6.46. The fraction of sp³-hybridized carbons (Fsp3) is 0.857. The van der Waals surface area contributed by atoms with E-state index in [0.717, 1.165) is 19.4 Å². The lowest BCUT2D eigenvalue weighted by atomic mass is 9.58. The molecular formula is C14H20O3. The Balaban J connectivity index is 1.90. The molecule has 4 rings (SSSR count). The van der Waals surface area contributed by atoms with Crippen molar-refractivity contribution < 1.29 is 14.2 Å². The third-order valence-corrected chi connectivity index (χ3v) is 5.62. The van der Waals surface area contributed by atoms with E-state index in [1.54, 1.807) is 0 Å². The van der Waals surface area contributed by atoms with Crippen molar-refractivity contribution in [3.63, 3.8) is 0 Å². The normalized spacial score (nSPS) is 61.9. The number of hydrogen-bond donors (Lipinski definition) is 0. The molecule has 0 radical (unpaired) electrons. The van der Waals surface area contributed by atoms with Gasteiger partial charge in [0.2, 0.25) is 0 Å². The largest absolute Gasteiger partial charge is 0.364 e. The van der Waals surface area contributed by atoms with Gasteiger partial charge in [-0.1, -0.05) is 19.9 Å². The minimum Gasteiger partial charge on any atom is -0.364 e. The lowest BCUT2D eigenvalue weighted by Crippen LogP contribution is -2.62. The Morgan fingerprint density at radius 3 is 2.18 bits per heavy atom. The summed E-state index contributed by atoms with van der Waals surface area (Å²) in [6, 6.07) is 0. The van der Waals surface area contributed by atoms with Gasteiger partial charge in [0.1, 0.15) is 16.8 Å². The molecule has 4 atom stereocenters. The first-order chi connectivity index (χ1) is 7.79. The van der Waals surface area contributed by atoms with Crippen LogP contribution in [0.5, 0.6) is 0 Å². The molecule has 4 aliphatic rings. The second kappa shape index (κ2) is 2.36. The third kappa shape index (κ3) is 0.873. The van der Waals surface area contributed by atoms with Gasteiger partial charge in [0.15, 0.2) is 5.79 Å². The van der Waals surface area contributed by atoms with E-state index >= 15 is 0 Å². The molecule has 2 spiro atoms. The molecule has 0 aromatic rings. The molecule has 0 N–H and O–H groups in total. The predicted octanol–water partition coefficient (Wildman–Crippen LogP) is 2.41. The van der Waals surface area contributed by atoms with Crippen molar-refractivity contribution in [2.45, 2.75) is 63.1 Å². The summed E-state index contributed by atoms with van der Waals surface area (Å²) < 4.78 is 18.5. The van der Waals surface area contributed by atoms with E-state index in [9.17, 15) is 0 Å². The molecule has 17 heavy (non-hydrogen) atoms. The van der Waals surface area contributed by atoms with Crippen molar-refractivity contribution in [2.24, 2.45) is 5.41 Å². The van der Waals surface area contributed by atoms with Gasteiger partial charge in [-0.2, -0.15) is 0 Å². The first-order valence-corrected chi connectivity index (χ1v) is 6.53. The fourth-order valence-electron chi connectivity index (χ4n) is 4.09. The van der Waals surface area contributed by atoms with Crippen LogP contribution in [0.3, 0.4) is 0 Å². The van der Waals surface area contributed by atoms with E-state index in [4.69, 9.17) is 14.2 Å². The molecule has 3 saturated heterocycles. The zero-order valence-corrected chi connectivity index (χ0v) is 11.0. The van der Waals surface area contributed by atoms with E-state index in [1.807, 2.05) is 0 Å². The molecule has 2 bridgehead atoms. The average Bonchev–Trinajstić information content (AvgIpc) is 2.99. The zero-order valence-electron chi connectivity index (χ0n) is 11.0. The van der Waals surface area contributed by atoms with Crippen LogP contribution < -0.4 is 0 Å². The molecule has 0 aromatic heterocycles. The minimum atomic E-state index is -0.584. The van der Waals surface area contributed by atoms with E-state index in [2.05, 4.69) is 39.8 Å². The van der Waals surface area contributed by atoms with Crippen molar-refractivity contribution in [2.75, 3.05) is 6.61 Å². The molecule has 3 heterocycles. The van der Waals surface area contributed by atoms with Crippen molar-refractivity contribution in [1.29, 1.82) is 0 Å². The summed E-state index contributed by atoms with van der Waals surface area (Å²) in [6.07, 6.45) is 6.48. The van der Waals surface area contributed by atoms with E-state index in [0.29, 0.717) is 0 Å². The maximum atomic E-state index is 6.46. The van der Waals surface area contributed by atoms with Crippen molar-refractivity contribution in [1.82, 2.24) is 0 Å². The van der Waals surface area contributed by atoms with Crippen LogP contribution in [0.1, 0.15) is 40.5 Å². The van der Waals surface area contributed by atoms with Crippen molar-refractivity contribution >= 4 is 0 Å². The van der Waals surface area contributed by atoms with Crippen molar-refractivity contribution in [3.8, 4) is 0 Å². The first kappa shape index (κ1) is 10.5. The van der Waals surface area contributed by atoms with Gasteiger partial charge in [-0.15, -0.1) is 0 Å². The number of fused-ring (bicyclic) bond motifs is 2.